The Morgan fingerprint density at radius 2 is 2.36 bits per heavy atom. The van der Waals surface area contributed by atoms with Crippen molar-refractivity contribution in [3.05, 3.63) is 0 Å². The highest BCUT2D eigenvalue weighted by Crippen LogP contribution is 2.30. The molecule has 0 N–H and O–H groups in total. The summed E-state index contributed by atoms with van der Waals surface area (Å²) in [6.07, 6.45) is 4.50. The molecule has 2 aliphatic rings. The molecule has 0 aromatic carbocycles. The van der Waals surface area contributed by atoms with E-state index < -0.39 is 0 Å². The van der Waals surface area contributed by atoms with E-state index in [0.29, 0.717) is 17.9 Å². The van der Waals surface area contributed by atoms with E-state index in [9.17, 15) is 4.79 Å². The fraction of sp³-hybridized carbons (Fsp3) is 0.889. The van der Waals surface area contributed by atoms with E-state index in [2.05, 4.69) is 11.8 Å². The van der Waals surface area contributed by atoms with Crippen LogP contribution in [0.1, 0.15) is 32.6 Å². The predicted molar refractivity (Wildman–Crippen MR) is 43.1 cm³/mol. The van der Waals surface area contributed by atoms with E-state index in [1.54, 1.807) is 0 Å². The molecule has 2 atom stereocenters. The van der Waals surface area contributed by atoms with E-state index >= 15 is 0 Å². The topological polar surface area (TPSA) is 20.3 Å². The van der Waals surface area contributed by atoms with Crippen LogP contribution in [-0.4, -0.2) is 23.4 Å². The van der Waals surface area contributed by atoms with Crippen LogP contribution in [0, 0.1) is 5.92 Å². The van der Waals surface area contributed by atoms with Gasteiger partial charge in [-0.2, -0.15) is 0 Å². The van der Waals surface area contributed by atoms with E-state index in [1.807, 2.05) is 0 Å². The standard InChI is InChI=1S/C9H15NO/c1-7-5-8-3-2-4-10(8)9(11)6-7/h7-8H,2-6H2,1H3/t7-,8-/m1/s1. The molecule has 2 fully saturated rings. The van der Waals surface area contributed by atoms with Crippen LogP contribution < -0.4 is 0 Å². The van der Waals surface area contributed by atoms with Crippen molar-refractivity contribution in [2.75, 3.05) is 6.54 Å². The normalized spacial score (nSPS) is 37.5. The second-order valence-electron chi connectivity index (χ2n) is 3.93. The molecule has 0 radical (unpaired) electrons. The SMILES string of the molecule is C[C@H]1CC(=O)N2CCC[C@@H]2C1. The maximum absolute atomic E-state index is 11.4. The Morgan fingerprint density at radius 3 is 3.18 bits per heavy atom. The molecule has 62 valence electrons. The van der Waals surface area contributed by atoms with E-state index in [-0.39, 0.29) is 0 Å². The Labute approximate surface area is 67.6 Å². The summed E-state index contributed by atoms with van der Waals surface area (Å²) in [5, 5.41) is 0. The lowest BCUT2D eigenvalue weighted by Crippen LogP contribution is -2.41. The van der Waals surface area contributed by atoms with E-state index in [1.165, 1.54) is 19.3 Å². The molecule has 0 aromatic heterocycles. The number of carbonyl (C=O) groups excluding carboxylic acids is 1. The van der Waals surface area contributed by atoms with Crippen molar-refractivity contribution in [3.63, 3.8) is 0 Å². The summed E-state index contributed by atoms with van der Waals surface area (Å²) >= 11 is 0. The molecule has 0 saturated carbocycles. The van der Waals surface area contributed by atoms with Crippen LogP contribution in [0.15, 0.2) is 0 Å². The van der Waals surface area contributed by atoms with Crippen LogP contribution >= 0.6 is 0 Å². The number of hydrogen-bond donors (Lipinski definition) is 0. The average Bonchev–Trinajstić information content (AvgIpc) is 2.34. The van der Waals surface area contributed by atoms with Crippen molar-refractivity contribution < 1.29 is 4.79 Å². The molecule has 0 aromatic rings. The minimum absolute atomic E-state index is 0.395. The molecule has 0 bridgehead atoms. The Bertz CT molecular complexity index is 178. The lowest BCUT2D eigenvalue weighted by molar-refractivity contribution is -0.136. The molecule has 0 aliphatic carbocycles. The smallest absolute Gasteiger partial charge is 0.223 e. The lowest BCUT2D eigenvalue weighted by Gasteiger charge is -2.32. The van der Waals surface area contributed by atoms with Gasteiger partial charge in [0.1, 0.15) is 0 Å². The number of carbonyl (C=O) groups is 1. The second kappa shape index (κ2) is 2.50. The lowest BCUT2D eigenvalue weighted by atomic mass is 9.92. The number of piperidine rings is 1. The summed E-state index contributed by atoms with van der Waals surface area (Å²) in [5.41, 5.74) is 0. The van der Waals surface area contributed by atoms with Gasteiger partial charge in [-0.05, 0) is 25.2 Å². The third kappa shape index (κ3) is 1.15. The molecule has 2 heteroatoms. The Balaban J connectivity index is 2.10. The molecule has 0 unspecified atom stereocenters. The predicted octanol–water partition coefficient (Wildman–Crippen LogP) is 1.41. The maximum atomic E-state index is 11.4. The zero-order chi connectivity index (χ0) is 7.84. The van der Waals surface area contributed by atoms with Gasteiger partial charge in [0.25, 0.3) is 0 Å². The molecule has 2 nitrogen and oxygen atoms in total. The Morgan fingerprint density at radius 1 is 1.55 bits per heavy atom. The number of amides is 1. The second-order valence-corrected chi connectivity index (χ2v) is 3.93. The average molecular weight is 153 g/mol. The first-order valence-electron chi connectivity index (χ1n) is 4.57. The Hall–Kier alpha value is -0.530. The molecule has 0 spiro atoms. The van der Waals surface area contributed by atoms with Gasteiger partial charge in [0, 0.05) is 19.0 Å². The third-order valence-corrected chi connectivity index (χ3v) is 2.90. The quantitative estimate of drug-likeness (QED) is 0.515. The highest BCUT2D eigenvalue weighted by atomic mass is 16.2. The summed E-state index contributed by atoms with van der Waals surface area (Å²) in [6, 6.07) is 0.603. The first-order chi connectivity index (χ1) is 5.27. The van der Waals surface area contributed by atoms with Gasteiger partial charge in [0.2, 0.25) is 5.91 Å². The number of hydrogen-bond acceptors (Lipinski definition) is 1. The fourth-order valence-electron chi connectivity index (χ4n) is 2.37. The fourth-order valence-corrected chi connectivity index (χ4v) is 2.37. The molecule has 11 heavy (non-hydrogen) atoms. The molecular weight excluding hydrogens is 138 g/mol. The van der Waals surface area contributed by atoms with Crippen molar-refractivity contribution in [1.82, 2.24) is 4.90 Å². The monoisotopic (exact) mass is 153 g/mol. The molecule has 1 amide bonds. The van der Waals surface area contributed by atoms with Crippen molar-refractivity contribution in [2.45, 2.75) is 38.6 Å². The van der Waals surface area contributed by atoms with Gasteiger partial charge >= 0.3 is 0 Å². The summed E-state index contributed by atoms with van der Waals surface area (Å²) < 4.78 is 0. The van der Waals surface area contributed by atoms with Gasteiger partial charge < -0.3 is 4.90 Å². The van der Waals surface area contributed by atoms with Gasteiger partial charge in [-0.3, -0.25) is 4.79 Å². The minimum atomic E-state index is 0.395. The van der Waals surface area contributed by atoms with Crippen molar-refractivity contribution in [1.29, 1.82) is 0 Å². The van der Waals surface area contributed by atoms with Crippen LogP contribution in [0.5, 0.6) is 0 Å². The first kappa shape index (κ1) is 7.14. The summed E-state index contributed by atoms with van der Waals surface area (Å²) in [7, 11) is 0. The zero-order valence-corrected chi connectivity index (χ0v) is 7.05. The van der Waals surface area contributed by atoms with Crippen molar-refractivity contribution in [2.24, 2.45) is 5.92 Å². The third-order valence-electron chi connectivity index (χ3n) is 2.90. The van der Waals surface area contributed by atoms with Crippen LogP contribution in [0.4, 0.5) is 0 Å². The molecule has 2 saturated heterocycles. The minimum Gasteiger partial charge on any atom is -0.340 e. The largest absolute Gasteiger partial charge is 0.340 e. The summed E-state index contributed by atoms with van der Waals surface area (Å²) in [4.78, 5) is 13.5. The number of fused-ring (bicyclic) bond motifs is 1. The number of nitrogens with zero attached hydrogens (tertiary/aromatic N) is 1. The molecule has 2 heterocycles. The van der Waals surface area contributed by atoms with Crippen molar-refractivity contribution >= 4 is 5.91 Å². The molecule has 2 rings (SSSR count). The highest BCUT2D eigenvalue weighted by molar-refractivity contribution is 5.77. The molecule has 2 aliphatic heterocycles. The summed E-state index contributed by atoms with van der Waals surface area (Å²) in [6.45, 7) is 3.21. The van der Waals surface area contributed by atoms with Crippen LogP contribution in [-0.2, 0) is 4.79 Å². The number of rotatable bonds is 0. The first-order valence-corrected chi connectivity index (χ1v) is 4.57. The van der Waals surface area contributed by atoms with Crippen LogP contribution in [0.25, 0.3) is 0 Å². The Kier molecular flexibility index (Phi) is 1.63. The van der Waals surface area contributed by atoms with Crippen molar-refractivity contribution in [3.8, 4) is 0 Å². The van der Waals surface area contributed by atoms with E-state index in [0.717, 1.165) is 13.0 Å². The van der Waals surface area contributed by atoms with Gasteiger partial charge in [0.05, 0.1) is 0 Å². The summed E-state index contributed by atoms with van der Waals surface area (Å²) in [5.74, 6) is 1.02. The van der Waals surface area contributed by atoms with Gasteiger partial charge in [-0.25, -0.2) is 0 Å². The maximum Gasteiger partial charge on any atom is 0.223 e. The van der Waals surface area contributed by atoms with Gasteiger partial charge in [0.15, 0.2) is 0 Å². The van der Waals surface area contributed by atoms with Gasteiger partial charge in [-0.1, -0.05) is 6.92 Å². The van der Waals surface area contributed by atoms with Gasteiger partial charge in [-0.15, -0.1) is 0 Å². The zero-order valence-electron chi connectivity index (χ0n) is 7.05. The van der Waals surface area contributed by atoms with Crippen LogP contribution in [0.2, 0.25) is 0 Å². The van der Waals surface area contributed by atoms with Crippen LogP contribution in [0.3, 0.4) is 0 Å². The highest BCUT2D eigenvalue weighted by Gasteiger charge is 2.34. The molecular formula is C9H15NO. The van der Waals surface area contributed by atoms with E-state index in [4.69, 9.17) is 0 Å².